The molecular formula is C20H19N3O2. The van der Waals surface area contributed by atoms with Gasteiger partial charge in [-0.3, -0.25) is 9.48 Å². The smallest absolute Gasteiger partial charge is 0.254 e. The number of hydrogen-bond donors (Lipinski definition) is 1. The second-order valence-corrected chi connectivity index (χ2v) is 6.33. The first-order chi connectivity index (χ1) is 12.2. The Balaban J connectivity index is 1.47. The molecule has 3 aromatic rings. The van der Waals surface area contributed by atoms with Crippen LogP contribution in [-0.2, 0) is 19.5 Å². The standard InChI is InChI=1S/C20H19N3O2/c24-19-7-6-16-8-11-22(14-18(16)12-19)20(25)17-4-2-15(3-5-17)13-23-10-1-9-21-23/h1-7,9-10,12,24H,8,11,13-14H2. The molecule has 5 heteroatoms. The van der Waals surface area contributed by atoms with Crippen LogP contribution < -0.4 is 0 Å². The molecule has 0 spiro atoms. The minimum absolute atomic E-state index is 0.0274. The molecule has 0 saturated carbocycles. The van der Waals surface area contributed by atoms with E-state index < -0.39 is 0 Å². The molecule has 0 saturated heterocycles. The van der Waals surface area contributed by atoms with Crippen molar-refractivity contribution in [2.75, 3.05) is 6.54 Å². The van der Waals surface area contributed by atoms with Gasteiger partial charge >= 0.3 is 0 Å². The summed E-state index contributed by atoms with van der Waals surface area (Å²) in [7, 11) is 0. The van der Waals surface area contributed by atoms with Crippen LogP contribution >= 0.6 is 0 Å². The van der Waals surface area contributed by atoms with Gasteiger partial charge in [-0.25, -0.2) is 0 Å². The molecule has 0 radical (unpaired) electrons. The molecule has 0 bridgehead atoms. The summed E-state index contributed by atoms with van der Waals surface area (Å²) in [5, 5.41) is 13.8. The average Bonchev–Trinajstić information content (AvgIpc) is 3.14. The summed E-state index contributed by atoms with van der Waals surface area (Å²) in [6, 6.07) is 15.0. The molecule has 0 fully saturated rings. The number of carbonyl (C=O) groups is 1. The maximum Gasteiger partial charge on any atom is 0.254 e. The Morgan fingerprint density at radius 2 is 1.96 bits per heavy atom. The maximum atomic E-state index is 12.8. The van der Waals surface area contributed by atoms with Crippen LogP contribution in [0, 0.1) is 0 Å². The number of fused-ring (bicyclic) bond motifs is 1. The monoisotopic (exact) mass is 333 g/mol. The first kappa shape index (κ1) is 15.4. The molecule has 126 valence electrons. The summed E-state index contributed by atoms with van der Waals surface area (Å²) >= 11 is 0. The van der Waals surface area contributed by atoms with Crippen LogP contribution in [-0.4, -0.2) is 32.2 Å². The van der Waals surface area contributed by atoms with Gasteiger partial charge in [-0.15, -0.1) is 0 Å². The predicted octanol–water partition coefficient (Wildman–Crippen LogP) is 2.84. The number of aromatic nitrogens is 2. The van der Waals surface area contributed by atoms with Crippen molar-refractivity contribution >= 4 is 5.91 Å². The lowest BCUT2D eigenvalue weighted by molar-refractivity contribution is 0.0734. The van der Waals surface area contributed by atoms with E-state index in [1.165, 1.54) is 5.56 Å². The van der Waals surface area contributed by atoms with Crippen LogP contribution in [0.1, 0.15) is 27.0 Å². The molecule has 25 heavy (non-hydrogen) atoms. The molecule has 1 aromatic heterocycles. The van der Waals surface area contributed by atoms with Crippen molar-refractivity contribution in [3.8, 4) is 5.75 Å². The number of amides is 1. The zero-order valence-corrected chi connectivity index (χ0v) is 13.8. The Morgan fingerprint density at radius 1 is 1.12 bits per heavy atom. The zero-order chi connectivity index (χ0) is 17.2. The van der Waals surface area contributed by atoms with Gasteiger partial charge in [-0.1, -0.05) is 18.2 Å². The fourth-order valence-corrected chi connectivity index (χ4v) is 3.23. The molecule has 2 heterocycles. The summed E-state index contributed by atoms with van der Waals surface area (Å²) in [5.74, 6) is 0.274. The number of aromatic hydroxyl groups is 1. The van der Waals surface area contributed by atoms with Crippen LogP contribution in [0.4, 0.5) is 0 Å². The lowest BCUT2D eigenvalue weighted by Gasteiger charge is -2.29. The average molecular weight is 333 g/mol. The van der Waals surface area contributed by atoms with Crippen LogP contribution in [0.3, 0.4) is 0 Å². The normalized spacial score (nSPS) is 13.5. The van der Waals surface area contributed by atoms with Crippen LogP contribution in [0.2, 0.25) is 0 Å². The number of phenolic OH excluding ortho intramolecular Hbond substituents is 1. The zero-order valence-electron chi connectivity index (χ0n) is 13.8. The van der Waals surface area contributed by atoms with E-state index in [9.17, 15) is 9.90 Å². The molecule has 1 aliphatic heterocycles. The van der Waals surface area contributed by atoms with Gasteiger partial charge < -0.3 is 10.0 Å². The largest absolute Gasteiger partial charge is 0.508 e. The number of phenols is 1. The quantitative estimate of drug-likeness (QED) is 0.802. The van der Waals surface area contributed by atoms with E-state index in [-0.39, 0.29) is 11.7 Å². The summed E-state index contributed by atoms with van der Waals surface area (Å²) in [6.07, 6.45) is 4.49. The van der Waals surface area contributed by atoms with Gasteiger partial charge in [0.1, 0.15) is 5.75 Å². The van der Waals surface area contributed by atoms with Crippen molar-refractivity contribution in [1.29, 1.82) is 0 Å². The predicted molar refractivity (Wildman–Crippen MR) is 94.3 cm³/mol. The number of nitrogens with zero attached hydrogens (tertiary/aromatic N) is 3. The van der Waals surface area contributed by atoms with E-state index in [0.29, 0.717) is 25.2 Å². The van der Waals surface area contributed by atoms with Gasteiger partial charge in [-0.05, 0) is 53.4 Å². The molecule has 0 aliphatic carbocycles. The highest BCUT2D eigenvalue weighted by atomic mass is 16.3. The highest BCUT2D eigenvalue weighted by Gasteiger charge is 2.22. The molecule has 0 atom stereocenters. The summed E-state index contributed by atoms with van der Waals surface area (Å²) in [6.45, 7) is 1.93. The topological polar surface area (TPSA) is 58.4 Å². The van der Waals surface area contributed by atoms with Crippen molar-refractivity contribution in [3.63, 3.8) is 0 Å². The van der Waals surface area contributed by atoms with E-state index >= 15 is 0 Å². The van der Waals surface area contributed by atoms with Gasteiger partial charge in [0.05, 0.1) is 6.54 Å². The van der Waals surface area contributed by atoms with Crippen molar-refractivity contribution < 1.29 is 9.90 Å². The molecule has 2 aromatic carbocycles. The lowest BCUT2D eigenvalue weighted by Crippen LogP contribution is -2.35. The third-order valence-corrected chi connectivity index (χ3v) is 4.59. The van der Waals surface area contributed by atoms with Gasteiger partial charge in [0, 0.05) is 31.0 Å². The Bertz CT molecular complexity index is 886. The third-order valence-electron chi connectivity index (χ3n) is 4.59. The first-order valence-electron chi connectivity index (χ1n) is 8.35. The van der Waals surface area contributed by atoms with Crippen molar-refractivity contribution in [3.05, 3.63) is 83.2 Å². The van der Waals surface area contributed by atoms with Gasteiger partial charge in [0.25, 0.3) is 5.91 Å². The maximum absolute atomic E-state index is 12.8. The minimum Gasteiger partial charge on any atom is -0.508 e. The van der Waals surface area contributed by atoms with Crippen LogP contribution in [0.15, 0.2) is 60.9 Å². The number of carbonyl (C=O) groups excluding carboxylic acids is 1. The van der Waals surface area contributed by atoms with Crippen molar-refractivity contribution in [1.82, 2.24) is 14.7 Å². The first-order valence-corrected chi connectivity index (χ1v) is 8.35. The molecule has 1 amide bonds. The van der Waals surface area contributed by atoms with Crippen LogP contribution in [0.5, 0.6) is 5.75 Å². The number of rotatable bonds is 3. The van der Waals surface area contributed by atoms with Gasteiger partial charge in [0.2, 0.25) is 0 Å². The number of benzene rings is 2. The summed E-state index contributed by atoms with van der Waals surface area (Å²) in [5.41, 5.74) is 4.02. The van der Waals surface area contributed by atoms with Gasteiger partial charge in [-0.2, -0.15) is 5.10 Å². The Morgan fingerprint density at radius 3 is 2.72 bits per heavy atom. The molecule has 0 unspecified atom stereocenters. The van der Waals surface area contributed by atoms with Crippen molar-refractivity contribution in [2.24, 2.45) is 0 Å². The Labute approximate surface area is 146 Å². The van der Waals surface area contributed by atoms with E-state index in [2.05, 4.69) is 5.10 Å². The summed E-state index contributed by atoms with van der Waals surface area (Å²) in [4.78, 5) is 14.6. The third kappa shape index (κ3) is 3.26. The summed E-state index contributed by atoms with van der Waals surface area (Å²) < 4.78 is 1.85. The second kappa shape index (κ2) is 6.43. The fraction of sp³-hybridized carbons (Fsp3) is 0.200. The van der Waals surface area contributed by atoms with E-state index in [0.717, 1.165) is 17.5 Å². The van der Waals surface area contributed by atoms with Crippen molar-refractivity contribution in [2.45, 2.75) is 19.5 Å². The van der Waals surface area contributed by atoms with Gasteiger partial charge in [0.15, 0.2) is 0 Å². The fourth-order valence-electron chi connectivity index (χ4n) is 3.23. The van der Waals surface area contributed by atoms with Crippen LogP contribution in [0.25, 0.3) is 0 Å². The highest BCUT2D eigenvalue weighted by molar-refractivity contribution is 5.94. The molecule has 5 nitrogen and oxygen atoms in total. The molecular weight excluding hydrogens is 314 g/mol. The molecule has 4 rings (SSSR count). The Hall–Kier alpha value is -3.08. The van der Waals surface area contributed by atoms with E-state index in [1.807, 2.05) is 52.2 Å². The lowest BCUT2D eigenvalue weighted by atomic mass is 9.98. The Kier molecular flexibility index (Phi) is 3.98. The van der Waals surface area contributed by atoms with E-state index in [4.69, 9.17) is 0 Å². The SMILES string of the molecule is O=C(c1ccc(Cn2cccn2)cc1)N1CCc2ccc(O)cc2C1. The molecule has 1 aliphatic rings. The number of hydrogen-bond acceptors (Lipinski definition) is 3. The molecule has 1 N–H and O–H groups in total. The van der Waals surface area contributed by atoms with E-state index in [1.54, 1.807) is 18.3 Å². The highest BCUT2D eigenvalue weighted by Crippen LogP contribution is 2.24. The minimum atomic E-state index is 0.0274. The second-order valence-electron chi connectivity index (χ2n) is 6.33.